The van der Waals surface area contributed by atoms with Crippen molar-refractivity contribution in [2.45, 2.75) is 13.3 Å². The van der Waals surface area contributed by atoms with E-state index in [0.29, 0.717) is 36.1 Å². The van der Waals surface area contributed by atoms with Crippen LogP contribution in [0.1, 0.15) is 13.3 Å². The summed E-state index contributed by atoms with van der Waals surface area (Å²) in [5, 5.41) is 20.2. The first-order chi connectivity index (χ1) is 13.2. The smallest absolute Gasteiger partial charge is 0.243 e. The molecule has 1 aromatic heterocycles. The van der Waals surface area contributed by atoms with Crippen LogP contribution < -0.4 is 10.1 Å². The van der Waals surface area contributed by atoms with Gasteiger partial charge in [0.2, 0.25) is 5.95 Å². The lowest BCUT2D eigenvalue weighted by Gasteiger charge is -2.11. The van der Waals surface area contributed by atoms with Gasteiger partial charge in [0.1, 0.15) is 23.0 Å². The van der Waals surface area contributed by atoms with E-state index in [0.717, 1.165) is 17.7 Å². The van der Waals surface area contributed by atoms with Crippen molar-refractivity contribution in [2.75, 3.05) is 25.1 Å². The van der Waals surface area contributed by atoms with E-state index in [1.807, 2.05) is 24.3 Å². The fraction of sp³-hybridized carbons (Fsp3) is 0.250. The second kappa shape index (κ2) is 9.05. The average Bonchev–Trinajstić information content (AvgIpc) is 2.71. The van der Waals surface area contributed by atoms with Crippen molar-refractivity contribution >= 4 is 5.95 Å². The maximum absolute atomic E-state index is 13.3. The number of anilines is 1. The highest BCUT2D eigenvalue weighted by molar-refractivity contribution is 5.78. The second-order valence-corrected chi connectivity index (χ2v) is 5.86. The molecule has 0 aliphatic heterocycles. The summed E-state index contributed by atoms with van der Waals surface area (Å²) in [6.45, 7) is 2.99. The largest absolute Gasteiger partial charge is 0.494 e. The predicted molar refractivity (Wildman–Crippen MR) is 102 cm³/mol. The van der Waals surface area contributed by atoms with Gasteiger partial charge in [0, 0.05) is 17.7 Å². The summed E-state index contributed by atoms with van der Waals surface area (Å²) in [6.07, 6.45) is 0.937. The lowest BCUT2D eigenvalue weighted by Crippen LogP contribution is -2.10. The molecule has 0 unspecified atom stereocenters. The molecule has 0 bridgehead atoms. The predicted octanol–water partition coefficient (Wildman–Crippen LogP) is 3.54. The molecule has 1 heterocycles. The SMILES string of the molecule is CCCOc1ccc(-c2nc(NCCO)nnc2-c2ccc(F)cc2)cc1. The van der Waals surface area contributed by atoms with Crippen LogP contribution in [0.15, 0.2) is 48.5 Å². The Bertz CT molecular complexity index is 870. The summed E-state index contributed by atoms with van der Waals surface area (Å²) < 4.78 is 18.9. The lowest BCUT2D eigenvalue weighted by atomic mass is 10.0. The number of nitrogens with one attached hydrogen (secondary N) is 1. The Morgan fingerprint density at radius 3 is 2.30 bits per heavy atom. The Morgan fingerprint density at radius 1 is 0.963 bits per heavy atom. The molecule has 2 aromatic carbocycles. The molecule has 3 aromatic rings. The highest BCUT2D eigenvalue weighted by atomic mass is 19.1. The highest BCUT2D eigenvalue weighted by Crippen LogP contribution is 2.30. The third-order valence-electron chi connectivity index (χ3n) is 3.80. The van der Waals surface area contributed by atoms with Crippen molar-refractivity contribution in [3.63, 3.8) is 0 Å². The fourth-order valence-electron chi connectivity index (χ4n) is 2.50. The molecule has 3 rings (SSSR count). The molecule has 0 radical (unpaired) electrons. The normalized spacial score (nSPS) is 10.6. The second-order valence-electron chi connectivity index (χ2n) is 5.86. The Labute approximate surface area is 157 Å². The summed E-state index contributed by atoms with van der Waals surface area (Å²) in [7, 11) is 0. The van der Waals surface area contributed by atoms with Gasteiger partial charge in [-0.1, -0.05) is 6.92 Å². The van der Waals surface area contributed by atoms with Crippen molar-refractivity contribution in [3.05, 3.63) is 54.3 Å². The zero-order valence-corrected chi connectivity index (χ0v) is 15.0. The number of hydrogen-bond donors (Lipinski definition) is 2. The van der Waals surface area contributed by atoms with Gasteiger partial charge in [-0.15, -0.1) is 10.2 Å². The third kappa shape index (κ3) is 4.77. The zero-order valence-electron chi connectivity index (χ0n) is 15.0. The molecule has 140 valence electrons. The molecule has 0 aliphatic rings. The van der Waals surface area contributed by atoms with Crippen LogP contribution in [0.2, 0.25) is 0 Å². The molecule has 2 N–H and O–H groups in total. The Hall–Kier alpha value is -3.06. The molecule has 0 fully saturated rings. The number of benzene rings is 2. The van der Waals surface area contributed by atoms with Crippen LogP contribution >= 0.6 is 0 Å². The van der Waals surface area contributed by atoms with Crippen molar-refractivity contribution in [2.24, 2.45) is 0 Å². The lowest BCUT2D eigenvalue weighted by molar-refractivity contribution is 0.310. The van der Waals surface area contributed by atoms with Crippen LogP contribution in [0.5, 0.6) is 5.75 Å². The molecule has 0 aliphatic carbocycles. The van der Waals surface area contributed by atoms with E-state index >= 15 is 0 Å². The molecular formula is C20H21FN4O2. The van der Waals surface area contributed by atoms with Gasteiger partial charge in [0.25, 0.3) is 0 Å². The maximum atomic E-state index is 13.3. The molecule has 7 heteroatoms. The zero-order chi connectivity index (χ0) is 19.1. The van der Waals surface area contributed by atoms with Crippen molar-refractivity contribution in [1.29, 1.82) is 0 Å². The van der Waals surface area contributed by atoms with E-state index in [1.165, 1.54) is 12.1 Å². The molecule has 6 nitrogen and oxygen atoms in total. The van der Waals surface area contributed by atoms with Crippen LogP contribution in [0.25, 0.3) is 22.5 Å². The Morgan fingerprint density at radius 2 is 1.63 bits per heavy atom. The standard InChI is InChI=1S/C20H21FN4O2/c1-2-13-27-17-9-5-14(6-10-17)18-19(15-3-7-16(21)8-4-15)24-25-20(23-18)22-11-12-26/h3-10,26H,2,11-13H2,1H3,(H,22,23,25). The first-order valence-corrected chi connectivity index (χ1v) is 8.80. The van der Waals surface area contributed by atoms with Gasteiger partial charge in [-0.3, -0.25) is 0 Å². The Kier molecular flexibility index (Phi) is 6.27. The number of hydrogen-bond acceptors (Lipinski definition) is 6. The summed E-state index contributed by atoms with van der Waals surface area (Å²) in [5.74, 6) is 0.778. The summed E-state index contributed by atoms with van der Waals surface area (Å²) in [5.41, 5.74) is 2.71. The quantitative estimate of drug-likeness (QED) is 0.633. The first-order valence-electron chi connectivity index (χ1n) is 8.80. The topological polar surface area (TPSA) is 80.2 Å². The minimum absolute atomic E-state index is 0.0398. The average molecular weight is 368 g/mol. The van der Waals surface area contributed by atoms with Gasteiger partial charge < -0.3 is 15.2 Å². The summed E-state index contributed by atoms with van der Waals surface area (Å²) in [4.78, 5) is 4.54. The van der Waals surface area contributed by atoms with E-state index in [-0.39, 0.29) is 12.4 Å². The van der Waals surface area contributed by atoms with Gasteiger partial charge in [0.05, 0.1) is 13.2 Å². The molecule has 0 atom stereocenters. The molecule has 0 saturated heterocycles. The minimum Gasteiger partial charge on any atom is -0.494 e. The van der Waals surface area contributed by atoms with Gasteiger partial charge in [-0.25, -0.2) is 9.37 Å². The molecular weight excluding hydrogens is 347 g/mol. The highest BCUT2D eigenvalue weighted by Gasteiger charge is 2.14. The van der Waals surface area contributed by atoms with Gasteiger partial charge in [-0.05, 0) is 55.0 Å². The van der Waals surface area contributed by atoms with E-state index in [9.17, 15) is 4.39 Å². The molecule has 27 heavy (non-hydrogen) atoms. The van der Waals surface area contributed by atoms with Gasteiger partial charge in [-0.2, -0.15) is 0 Å². The van der Waals surface area contributed by atoms with E-state index in [1.54, 1.807) is 12.1 Å². The van der Waals surface area contributed by atoms with Crippen molar-refractivity contribution in [1.82, 2.24) is 15.2 Å². The molecule has 0 amide bonds. The summed E-state index contributed by atoms with van der Waals surface area (Å²) >= 11 is 0. The minimum atomic E-state index is -0.320. The van der Waals surface area contributed by atoms with E-state index in [4.69, 9.17) is 9.84 Å². The van der Waals surface area contributed by atoms with Crippen molar-refractivity contribution in [3.8, 4) is 28.3 Å². The molecule has 0 saturated carbocycles. The fourth-order valence-corrected chi connectivity index (χ4v) is 2.50. The third-order valence-corrected chi connectivity index (χ3v) is 3.80. The number of nitrogens with zero attached hydrogens (tertiary/aromatic N) is 3. The monoisotopic (exact) mass is 368 g/mol. The van der Waals surface area contributed by atoms with Gasteiger partial charge in [0.15, 0.2) is 0 Å². The number of aliphatic hydroxyl groups excluding tert-OH is 1. The molecule has 0 spiro atoms. The number of aromatic nitrogens is 3. The maximum Gasteiger partial charge on any atom is 0.243 e. The number of rotatable bonds is 8. The van der Waals surface area contributed by atoms with E-state index < -0.39 is 0 Å². The van der Waals surface area contributed by atoms with Crippen LogP contribution in [0.3, 0.4) is 0 Å². The summed E-state index contributed by atoms with van der Waals surface area (Å²) in [6, 6.07) is 13.6. The Balaban J connectivity index is 2.00. The number of ether oxygens (including phenoxy) is 1. The number of aliphatic hydroxyl groups is 1. The van der Waals surface area contributed by atoms with E-state index in [2.05, 4.69) is 27.4 Å². The van der Waals surface area contributed by atoms with Gasteiger partial charge >= 0.3 is 0 Å². The van der Waals surface area contributed by atoms with Crippen LogP contribution in [0.4, 0.5) is 10.3 Å². The van der Waals surface area contributed by atoms with Crippen molar-refractivity contribution < 1.29 is 14.2 Å². The van der Waals surface area contributed by atoms with Crippen LogP contribution in [-0.2, 0) is 0 Å². The van der Waals surface area contributed by atoms with Crippen LogP contribution in [-0.4, -0.2) is 40.0 Å². The van der Waals surface area contributed by atoms with Crippen LogP contribution in [0, 0.1) is 5.82 Å². The first kappa shape index (κ1) is 18.7. The number of halogens is 1.